The van der Waals surface area contributed by atoms with Gasteiger partial charge in [0, 0.05) is 12.1 Å². The molecular weight excluding hydrogens is 360 g/mol. The summed E-state index contributed by atoms with van der Waals surface area (Å²) >= 11 is 0. The predicted octanol–water partition coefficient (Wildman–Crippen LogP) is 3.16. The Morgan fingerprint density at radius 2 is 1.50 bits per heavy atom. The van der Waals surface area contributed by atoms with Crippen LogP contribution >= 0.6 is 0 Å². The zero-order valence-corrected chi connectivity index (χ0v) is 16.0. The van der Waals surface area contributed by atoms with Crippen LogP contribution < -0.4 is 15.4 Å². The lowest BCUT2D eigenvalue weighted by Gasteiger charge is -2.11. The Balaban J connectivity index is 1.73. The van der Waals surface area contributed by atoms with Crippen LogP contribution in [0.15, 0.2) is 48.5 Å². The monoisotopic (exact) mass is 384 g/mol. The number of amides is 2. The van der Waals surface area contributed by atoms with E-state index in [0.29, 0.717) is 11.4 Å². The highest BCUT2D eigenvalue weighted by Gasteiger charge is 2.13. The molecule has 0 spiro atoms. The van der Waals surface area contributed by atoms with E-state index in [2.05, 4.69) is 10.6 Å². The van der Waals surface area contributed by atoms with Gasteiger partial charge in [-0.1, -0.05) is 37.3 Å². The summed E-state index contributed by atoms with van der Waals surface area (Å²) in [5.74, 6) is -0.879. The van der Waals surface area contributed by atoms with Crippen LogP contribution in [0.4, 0.5) is 11.4 Å². The van der Waals surface area contributed by atoms with E-state index in [0.717, 1.165) is 17.7 Å². The zero-order chi connectivity index (χ0) is 20.4. The van der Waals surface area contributed by atoms with Gasteiger partial charge in [0.25, 0.3) is 5.91 Å². The molecule has 0 aliphatic carbocycles. The number of para-hydroxylation sites is 3. The van der Waals surface area contributed by atoms with Crippen molar-refractivity contribution in [3.8, 4) is 5.75 Å². The summed E-state index contributed by atoms with van der Waals surface area (Å²) in [6.45, 7) is 1.57. The standard InChI is InChI=1S/C21H24N2O5/c1-3-15-8-4-5-9-16(15)22-19(24)12-13-21(26)28-14-20(25)23-17-10-6-7-11-18(17)27-2/h4-11H,3,12-14H2,1-2H3,(H,22,24)(H,23,25). The number of aryl methyl sites for hydroxylation is 1. The molecule has 0 fully saturated rings. The second kappa shape index (κ2) is 10.7. The van der Waals surface area contributed by atoms with Gasteiger partial charge < -0.3 is 20.1 Å². The SMILES string of the molecule is CCc1ccccc1NC(=O)CCC(=O)OCC(=O)Nc1ccccc1OC. The summed E-state index contributed by atoms with van der Waals surface area (Å²) < 4.78 is 10.1. The van der Waals surface area contributed by atoms with E-state index < -0.39 is 18.5 Å². The number of hydrogen-bond acceptors (Lipinski definition) is 5. The fourth-order valence-electron chi connectivity index (χ4n) is 2.53. The van der Waals surface area contributed by atoms with Crippen LogP contribution in [0, 0.1) is 0 Å². The lowest BCUT2D eigenvalue weighted by molar-refractivity contribution is -0.147. The van der Waals surface area contributed by atoms with Crippen molar-refractivity contribution in [2.75, 3.05) is 24.4 Å². The summed E-state index contributed by atoms with van der Waals surface area (Å²) in [4.78, 5) is 35.7. The van der Waals surface area contributed by atoms with E-state index in [-0.39, 0.29) is 18.7 Å². The molecule has 0 saturated carbocycles. The molecule has 2 amide bonds. The smallest absolute Gasteiger partial charge is 0.306 e. The van der Waals surface area contributed by atoms with E-state index >= 15 is 0 Å². The Bertz CT molecular complexity index is 768. The van der Waals surface area contributed by atoms with Crippen molar-refractivity contribution in [2.45, 2.75) is 26.2 Å². The first kappa shape index (κ1) is 21.0. The van der Waals surface area contributed by atoms with Gasteiger partial charge in [-0.2, -0.15) is 0 Å². The van der Waals surface area contributed by atoms with Crippen LogP contribution in [0.1, 0.15) is 25.3 Å². The summed E-state index contributed by atoms with van der Waals surface area (Å²) in [7, 11) is 1.50. The second-order valence-electron chi connectivity index (χ2n) is 5.97. The average molecular weight is 384 g/mol. The van der Waals surface area contributed by atoms with E-state index in [1.54, 1.807) is 24.3 Å². The first-order chi connectivity index (χ1) is 13.5. The third-order valence-electron chi connectivity index (χ3n) is 3.97. The lowest BCUT2D eigenvalue weighted by Crippen LogP contribution is -2.22. The Morgan fingerprint density at radius 1 is 0.857 bits per heavy atom. The number of hydrogen-bond donors (Lipinski definition) is 2. The normalized spacial score (nSPS) is 10.1. The minimum atomic E-state index is -0.617. The van der Waals surface area contributed by atoms with Gasteiger partial charge in [0.15, 0.2) is 6.61 Å². The minimum absolute atomic E-state index is 0.0228. The van der Waals surface area contributed by atoms with Crippen LogP contribution in [0.25, 0.3) is 0 Å². The molecule has 148 valence electrons. The highest BCUT2D eigenvalue weighted by atomic mass is 16.5. The number of ether oxygens (including phenoxy) is 2. The Labute approximate surface area is 164 Å². The molecule has 0 radical (unpaired) electrons. The van der Waals surface area contributed by atoms with E-state index in [4.69, 9.17) is 9.47 Å². The molecule has 0 heterocycles. The van der Waals surface area contributed by atoms with Crippen molar-refractivity contribution in [1.29, 1.82) is 0 Å². The first-order valence-corrected chi connectivity index (χ1v) is 8.99. The van der Waals surface area contributed by atoms with Gasteiger partial charge in [0.05, 0.1) is 19.2 Å². The van der Waals surface area contributed by atoms with Crippen molar-refractivity contribution < 1.29 is 23.9 Å². The molecule has 7 nitrogen and oxygen atoms in total. The largest absolute Gasteiger partial charge is 0.495 e. The van der Waals surface area contributed by atoms with Gasteiger partial charge in [-0.05, 0) is 30.2 Å². The molecule has 0 atom stereocenters. The maximum absolute atomic E-state index is 12.0. The number of carbonyl (C=O) groups excluding carboxylic acids is 3. The van der Waals surface area contributed by atoms with Gasteiger partial charge >= 0.3 is 5.97 Å². The Hall–Kier alpha value is -3.35. The molecule has 0 aliphatic heterocycles. The van der Waals surface area contributed by atoms with E-state index in [9.17, 15) is 14.4 Å². The highest BCUT2D eigenvalue weighted by molar-refractivity contribution is 5.95. The van der Waals surface area contributed by atoms with Crippen molar-refractivity contribution in [2.24, 2.45) is 0 Å². The number of benzene rings is 2. The van der Waals surface area contributed by atoms with Crippen molar-refractivity contribution >= 4 is 29.2 Å². The number of carbonyl (C=O) groups is 3. The third-order valence-corrected chi connectivity index (χ3v) is 3.97. The number of esters is 1. The summed E-state index contributed by atoms with van der Waals surface area (Å²) in [5, 5.41) is 5.39. The van der Waals surface area contributed by atoms with Crippen LogP contribution in [0.2, 0.25) is 0 Å². The summed E-state index contributed by atoms with van der Waals surface area (Å²) in [6.07, 6.45) is 0.660. The molecule has 2 aromatic rings. The van der Waals surface area contributed by atoms with E-state index in [1.165, 1.54) is 7.11 Å². The maximum atomic E-state index is 12.0. The quantitative estimate of drug-likeness (QED) is 0.648. The van der Waals surface area contributed by atoms with Crippen LogP contribution in [0.5, 0.6) is 5.75 Å². The molecule has 7 heteroatoms. The molecule has 0 bridgehead atoms. The Kier molecular flexibility index (Phi) is 8.02. The minimum Gasteiger partial charge on any atom is -0.495 e. The highest BCUT2D eigenvalue weighted by Crippen LogP contribution is 2.22. The molecule has 0 aliphatic rings. The van der Waals surface area contributed by atoms with Crippen LogP contribution in [0.3, 0.4) is 0 Å². The van der Waals surface area contributed by atoms with Crippen LogP contribution in [-0.4, -0.2) is 31.5 Å². The summed E-state index contributed by atoms with van der Waals surface area (Å²) in [5.41, 5.74) is 2.24. The second-order valence-corrected chi connectivity index (χ2v) is 5.97. The molecule has 28 heavy (non-hydrogen) atoms. The molecule has 0 saturated heterocycles. The van der Waals surface area contributed by atoms with Gasteiger partial charge in [-0.3, -0.25) is 14.4 Å². The Morgan fingerprint density at radius 3 is 2.21 bits per heavy atom. The summed E-state index contributed by atoms with van der Waals surface area (Å²) in [6, 6.07) is 14.4. The molecule has 2 aromatic carbocycles. The molecule has 2 N–H and O–H groups in total. The maximum Gasteiger partial charge on any atom is 0.306 e. The lowest BCUT2D eigenvalue weighted by atomic mass is 10.1. The van der Waals surface area contributed by atoms with Crippen LogP contribution in [-0.2, 0) is 25.5 Å². The third kappa shape index (κ3) is 6.42. The molecule has 2 rings (SSSR count). The van der Waals surface area contributed by atoms with Gasteiger partial charge in [-0.15, -0.1) is 0 Å². The number of methoxy groups -OCH3 is 1. The topological polar surface area (TPSA) is 93.7 Å². The van der Waals surface area contributed by atoms with Gasteiger partial charge in [-0.25, -0.2) is 0 Å². The fraction of sp³-hybridized carbons (Fsp3) is 0.286. The van der Waals surface area contributed by atoms with Crippen molar-refractivity contribution in [3.05, 3.63) is 54.1 Å². The van der Waals surface area contributed by atoms with Gasteiger partial charge in [0.1, 0.15) is 5.75 Å². The first-order valence-electron chi connectivity index (χ1n) is 8.99. The van der Waals surface area contributed by atoms with Gasteiger partial charge in [0.2, 0.25) is 5.91 Å². The van der Waals surface area contributed by atoms with Crippen molar-refractivity contribution in [1.82, 2.24) is 0 Å². The number of nitrogens with one attached hydrogen (secondary N) is 2. The zero-order valence-electron chi connectivity index (χ0n) is 16.0. The average Bonchev–Trinajstić information content (AvgIpc) is 2.71. The molecule has 0 aromatic heterocycles. The van der Waals surface area contributed by atoms with Crippen molar-refractivity contribution in [3.63, 3.8) is 0 Å². The van der Waals surface area contributed by atoms with E-state index in [1.807, 2.05) is 31.2 Å². The number of anilines is 2. The predicted molar refractivity (Wildman–Crippen MR) is 106 cm³/mol. The molecular formula is C21H24N2O5. The molecule has 0 unspecified atom stereocenters. The number of rotatable bonds is 9. The fourth-order valence-corrected chi connectivity index (χ4v) is 2.53.